The SMILES string of the molecule is [2H]C([2H])(c1cc2c3c(nccc3c1)-c1cc3ccccc3cc1C2(C)C)C(C)(C)C. The Kier molecular flexibility index (Phi) is 3.09. The lowest BCUT2D eigenvalue weighted by Crippen LogP contribution is -2.24. The van der Waals surface area contributed by atoms with E-state index in [1.54, 1.807) is 0 Å². The van der Waals surface area contributed by atoms with Crippen molar-refractivity contribution in [3.05, 3.63) is 77.5 Å². The van der Waals surface area contributed by atoms with Gasteiger partial charge in [-0.05, 0) is 62.8 Å². The number of pyridine rings is 1. The van der Waals surface area contributed by atoms with Crippen LogP contribution >= 0.6 is 0 Å². The summed E-state index contributed by atoms with van der Waals surface area (Å²) in [6.07, 6.45) is 0.413. The molecule has 5 rings (SSSR count). The van der Waals surface area contributed by atoms with Crippen LogP contribution in [0.25, 0.3) is 32.8 Å². The summed E-state index contributed by atoms with van der Waals surface area (Å²) >= 11 is 0. The summed E-state index contributed by atoms with van der Waals surface area (Å²) in [6, 6.07) is 19.2. The van der Waals surface area contributed by atoms with Crippen LogP contribution in [0.4, 0.5) is 0 Å². The molecule has 0 fully saturated rings. The highest BCUT2D eigenvalue weighted by molar-refractivity contribution is 6.04. The molecular formula is C27H27N. The lowest BCUT2D eigenvalue weighted by Gasteiger charge is -2.35. The van der Waals surface area contributed by atoms with Crippen molar-refractivity contribution in [1.29, 1.82) is 0 Å². The molecule has 0 unspecified atom stereocenters. The van der Waals surface area contributed by atoms with Crippen molar-refractivity contribution in [1.82, 2.24) is 4.98 Å². The van der Waals surface area contributed by atoms with Gasteiger partial charge in [-0.25, -0.2) is 0 Å². The third-order valence-electron chi connectivity index (χ3n) is 5.87. The Morgan fingerprint density at radius 3 is 2.32 bits per heavy atom. The molecule has 1 heterocycles. The van der Waals surface area contributed by atoms with E-state index in [0.717, 1.165) is 27.6 Å². The Hall–Kier alpha value is -2.67. The number of benzene rings is 3. The maximum Gasteiger partial charge on any atom is 0.0786 e. The molecule has 1 aromatic heterocycles. The fraction of sp³-hybridized carbons (Fsp3) is 0.296. The molecule has 0 aliphatic heterocycles. The van der Waals surface area contributed by atoms with Crippen molar-refractivity contribution in [2.75, 3.05) is 0 Å². The predicted molar refractivity (Wildman–Crippen MR) is 120 cm³/mol. The van der Waals surface area contributed by atoms with E-state index in [0.29, 0.717) is 0 Å². The van der Waals surface area contributed by atoms with E-state index in [4.69, 9.17) is 7.73 Å². The van der Waals surface area contributed by atoms with Crippen LogP contribution < -0.4 is 0 Å². The molecule has 1 heteroatoms. The molecule has 0 N–H and O–H groups in total. The zero-order valence-electron chi connectivity index (χ0n) is 19.2. The predicted octanol–water partition coefficient (Wildman–Crippen LogP) is 7.28. The largest absolute Gasteiger partial charge is 0.256 e. The second kappa shape index (κ2) is 5.67. The van der Waals surface area contributed by atoms with E-state index in [1.807, 2.05) is 39.1 Å². The van der Waals surface area contributed by atoms with Gasteiger partial charge in [-0.15, -0.1) is 0 Å². The zero-order chi connectivity index (χ0) is 21.5. The number of fused-ring (bicyclic) bond motifs is 3. The lowest BCUT2D eigenvalue weighted by molar-refractivity contribution is 0.411. The van der Waals surface area contributed by atoms with Crippen LogP contribution in [0, 0.1) is 5.41 Å². The van der Waals surface area contributed by atoms with Crippen LogP contribution in [0.3, 0.4) is 0 Å². The highest BCUT2D eigenvalue weighted by atomic mass is 14.7. The lowest BCUT2D eigenvalue weighted by atomic mass is 9.68. The minimum Gasteiger partial charge on any atom is -0.256 e. The molecule has 0 saturated carbocycles. The number of hydrogen-bond donors (Lipinski definition) is 0. The molecule has 1 nitrogen and oxygen atoms in total. The van der Waals surface area contributed by atoms with E-state index < -0.39 is 11.8 Å². The minimum absolute atomic E-state index is 0.252. The third kappa shape index (κ3) is 2.57. The average Bonchev–Trinajstić information content (AvgIpc) is 2.69. The molecule has 0 amide bonds. The van der Waals surface area contributed by atoms with Gasteiger partial charge in [-0.2, -0.15) is 0 Å². The molecule has 0 saturated heterocycles. The number of nitrogens with zero attached hydrogens (tertiary/aromatic N) is 1. The number of hydrogen-bond acceptors (Lipinski definition) is 1. The van der Waals surface area contributed by atoms with Gasteiger partial charge in [0.1, 0.15) is 0 Å². The van der Waals surface area contributed by atoms with Gasteiger partial charge in [0.05, 0.1) is 5.69 Å². The highest BCUT2D eigenvalue weighted by Gasteiger charge is 2.35. The molecule has 0 bridgehead atoms. The first kappa shape index (κ1) is 15.3. The van der Waals surface area contributed by atoms with E-state index in [-0.39, 0.29) is 5.41 Å². The van der Waals surface area contributed by atoms with Crippen molar-refractivity contribution >= 4 is 21.5 Å². The van der Waals surface area contributed by atoms with Crippen molar-refractivity contribution in [2.45, 2.75) is 46.4 Å². The first-order valence-electron chi connectivity index (χ1n) is 11.0. The smallest absolute Gasteiger partial charge is 0.0786 e. The fourth-order valence-electron chi connectivity index (χ4n) is 4.62. The van der Waals surface area contributed by atoms with Crippen LogP contribution in [0.5, 0.6) is 0 Å². The summed E-state index contributed by atoms with van der Waals surface area (Å²) in [6.45, 7) is 10.4. The van der Waals surface area contributed by atoms with Gasteiger partial charge in [0, 0.05) is 25.3 Å². The second-order valence-electron chi connectivity index (χ2n) is 9.53. The van der Waals surface area contributed by atoms with E-state index in [1.165, 1.54) is 21.9 Å². The molecule has 0 spiro atoms. The maximum atomic E-state index is 8.87. The molecule has 140 valence electrons. The number of rotatable bonds is 1. The summed E-state index contributed by atoms with van der Waals surface area (Å²) in [4.78, 5) is 4.80. The molecule has 4 aromatic rings. The van der Waals surface area contributed by atoms with Gasteiger partial charge < -0.3 is 0 Å². The molecule has 3 aromatic carbocycles. The van der Waals surface area contributed by atoms with Gasteiger partial charge in [0.15, 0.2) is 0 Å². The van der Waals surface area contributed by atoms with Gasteiger partial charge in [0.25, 0.3) is 0 Å². The van der Waals surface area contributed by atoms with Crippen LogP contribution in [0.15, 0.2) is 60.8 Å². The standard InChI is InChI=1S/C27H27N/c1-26(2,3)16-17-12-20-10-11-28-25-21-14-18-8-6-7-9-19(18)15-22(21)27(4,5)23(13-17)24(20)25/h6-15H,16H2,1-5H3/i16D2. The molecule has 0 atom stereocenters. The third-order valence-corrected chi connectivity index (χ3v) is 5.87. The van der Waals surface area contributed by atoms with E-state index >= 15 is 0 Å². The molecule has 1 aliphatic carbocycles. The molecular weight excluding hydrogens is 338 g/mol. The Bertz CT molecular complexity index is 1330. The van der Waals surface area contributed by atoms with Gasteiger partial charge in [-0.1, -0.05) is 71.0 Å². The Balaban J connectivity index is 1.90. The second-order valence-corrected chi connectivity index (χ2v) is 9.53. The van der Waals surface area contributed by atoms with Gasteiger partial charge in [-0.3, -0.25) is 4.98 Å². The Morgan fingerprint density at radius 2 is 1.61 bits per heavy atom. The first-order valence-corrected chi connectivity index (χ1v) is 9.99. The minimum atomic E-state index is -1.44. The summed E-state index contributed by atoms with van der Waals surface area (Å²) in [5.41, 5.74) is 4.59. The molecule has 0 radical (unpaired) electrons. The van der Waals surface area contributed by atoms with Crippen LogP contribution in [0.1, 0.15) is 54.1 Å². The van der Waals surface area contributed by atoms with E-state index in [9.17, 15) is 0 Å². The number of aromatic nitrogens is 1. The quantitative estimate of drug-likeness (QED) is 0.344. The van der Waals surface area contributed by atoms with Crippen LogP contribution in [-0.4, -0.2) is 4.98 Å². The topological polar surface area (TPSA) is 12.9 Å². The molecule has 28 heavy (non-hydrogen) atoms. The first-order chi connectivity index (χ1) is 14.0. The van der Waals surface area contributed by atoms with Crippen LogP contribution in [-0.2, 0) is 11.8 Å². The van der Waals surface area contributed by atoms with Crippen molar-refractivity contribution < 1.29 is 2.74 Å². The van der Waals surface area contributed by atoms with Gasteiger partial charge in [0.2, 0.25) is 0 Å². The summed E-state index contributed by atoms with van der Waals surface area (Å²) in [7, 11) is 0. The van der Waals surface area contributed by atoms with Crippen molar-refractivity contribution in [2.24, 2.45) is 5.41 Å². The normalized spacial score (nSPS) is 16.6. The Labute approximate surface area is 170 Å². The van der Waals surface area contributed by atoms with Crippen molar-refractivity contribution in [3.63, 3.8) is 0 Å². The summed E-state index contributed by atoms with van der Waals surface area (Å²) in [5.74, 6) is 0. The highest BCUT2D eigenvalue weighted by Crippen LogP contribution is 2.49. The monoisotopic (exact) mass is 367 g/mol. The van der Waals surface area contributed by atoms with Gasteiger partial charge >= 0.3 is 0 Å². The summed E-state index contributed by atoms with van der Waals surface area (Å²) in [5, 5.41) is 4.65. The van der Waals surface area contributed by atoms with Crippen molar-refractivity contribution in [3.8, 4) is 11.3 Å². The van der Waals surface area contributed by atoms with Crippen LogP contribution in [0.2, 0.25) is 0 Å². The zero-order valence-corrected chi connectivity index (χ0v) is 17.2. The van der Waals surface area contributed by atoms with E-state index in [2.05, 4.69) is 56.3 Å². The average molecular weight is 368 g/mol. The maximum absolute atomic E-state index is 8.87. The molecule has 1 aliphatic rings. The summed E-state index contributed by atoms with van der Waals surface area (Å²) < 4.78 is 17.7. The Morgan fingerprint density at radius 1 is 0.893 bits per heavy atom. The fourth-order valence-corrected chi connectivity index (χ4v) is 4.62.